The summed E-state index contributed by atoms with van der Waals surface area (Å²) >= 11 is 0. The second-order valence-corrected chi connectivity index (χ2v) is 5.21. The standard InChI is InChI=1S/C14H17N5O/c15-14(7-1-2-8-14)13(20)17-11-3-5-12(6-4-11)19-10-9-16-18-19/h3-6,9-10H,1-2,7-8,15H2,(H,17,20). The van der Waals surface area contributed by atoms with Gasteiger partial charge in [0.25, 0.3) is 0 Å². The van der Waals surface area contributed by atoms with Gasteiger partial charge in [-0.3, -0.25) is 4.79 Å². The van der Waals surface area contributed by atoms with Crippen LogP contribution in [0.3, 0.4) is 0 Å². The minimum atomic E-state index is -0.704. The summed E-state index contributed by atoms with van der Waals surface area (Å²) in [5, 5.41) is 10.6. The first kappa shape index (κ1) is 12.8. The van der Waals surface area contributed by atoms with Crippen molar-refractivity contribution in [1.82, 2.24) is 15.0 Å². The summed E-state index contributed by atoms with van der Waals surface area (Å²) in [6.45, 7) is 0. The maximum atomic E-state index is 12.2. The van der Waals surface area contributed by atoms with Crippen LogP contribution in [0.15, 0.2) is 36.7 Å². The minimum Gasteiger partial charge on any atom is -0.324 e. The maximum Gasteiger partial charge on any atom is 0.244 e. The van der Waals surface area contributed by atoms with Crippen LogP contribution in [-0.2, 0) is 4.79 Å². The molecule has 6 heteroatoms. The predicted octanol–water partition coefficient (Wildman–Crippen LogP) is 1.48. The van der Waals surface area contributed by atoms with Gasteiger partial charge in [-0.25, -0.2) is 4.68 Å². The van der Waals surface area contributed by atoms with E-state index in [0.717, 1.165) is 37.1 Å². The number of nitrogens with two attached hydrogens (primary N) is 1. The van der Waals surface area contributed by atoms with Gasteiger partial charge in [0.15, 0.2) is 0 Å². The van der Waals surface area contributed by atoms with Crippen molar-refractivity contribution in [2.24, 2.45) is 5.73 Å². The van der Waals surface area contributed by atoms with Crippen molar-refractivity contribution in [2.75, 3.05) is 5.32 Å². The van der Waals surface area contributed by atoms with Gasteiger partial charge in [0, 0.05) is 5.69 Å². The molecule has 1 saturated carbocycles. The highest BCUT2D eigenvalue weighted by molar-refractivity contribution is 5.98. The number of aromatic nitrogens is 3. The molecule has 1 fully saturated rings. The van der Waals surface area contributed by atoms with E-state index in [2.05, 4.69) is 15.6 Å². The molecule has 3 N–H and O–H groups in total. The van der Waals surface area contributed by atoms with Gasteiger partial charge in [0.05, 0.1) is 23.6 Å². The van der Waals surface area contributed by atoms with Gasteiger partial charge in [-0.05, 0) is 37.1 Å². The number of anilines is 1. The summed E-state index contributed by atoms with van der Waals surface area (Å²) in [6, 6.07) is 7.44. The molecule has 1 heterocycles. The van der Waals surface area contributed by atoms with Crippen LogP contribution in [0, 0.1) is 0 Å². The van der Waals surface area contributed by atoms with Crippen LogP contribution in [0.1, 0.15) is 25.7 Å². The number of carbonyl (C=O) groups excluding carboxylic acids is 1. The molecule has 20 heavy (non-hydrogen) atoms. The number of rotatable bonds is 3. The molecule has 0 atom stereocenters. The normalized spacial score (nSPS) is 17.1. The number of nitrogens with one attached hydrogen (secondary N) is 1. The van der Waals surface area contributed by atoms with Crippen LogP contribution in [0.4, 0.5) is 5.69 Å². The van der Waals surface area contributed by atoms with Crippen LogP contribution in [-0.4, -0.2) is 26.4 Å². The average Bonchev–Trinajstić information content (AvgIpc) is 3.11. The average molecular weight is 271 g/mol. The Morgan fingerprint density at radius 1 is 1.25 bits per heavy atom. The molecule has 1 aromatic carbocycles. The fraction of sp³-hybridized carbons (Fsp3) is 0.357. The van der Waals surface area contributed by atoms with Crippen LogP contribution < -0.4 is 11.1 Å². The lowest BCUT2D eigenvalue weighted by molar-refractivity contribution is -0.121. The molecule has 1 aliphatic rings. The van der Waals surface area contributed by atoms with E-state index in [1.807, 2.05) is 24.3 Å². The Bertz CT molecular complexity index is 585. The lowest BCUT2D eigenvalue weighted by Gasteiger charge is -2.22. The van der Waals surface area contributed by atoms with Crippen molar-refractivity contribution in [3.8, 4) is 5.69 Å². The third-order valence-corrected chi connectivity index (χ3v) is 3.76. The SMILES string of the molecule is NC1(C(=O)Nc2ccc(-n3ccnn3)cc2)CCCC1. The Balaban J connectivity index is 1.71. The molecule has 0 radical (unpaired) electrons. The highest BCUT2D eigenvalue weighted by Gasteiger charge is 2.36. The molecular formula is C14H17N5O. The molecule has 0 spiro atoms. The molecule has 0 unspecified atom stereocenters. The van der Waals surface area contributed by atoms with E-state index >= 15 is 0 Å². The summed E-state index contributed by atoms with van der Waals surface area (Å²) in [4.78, 5) is 12.2. The van der Waals surface area contributed by atoms with Crippen LogP contribution in [0.25, 0.3) is 5.69 Å². The zero-order valence-electron chi connectivity index (χ0n) is 11.1. The largest absolute Gasteiger partial charge is 0.324 e. The van der Waals surface area contributed by atoms with E-state index in [9.17, 15) is 4.79 Å². The summed E-state index contributed by atoms with van der Waals surface area (Å²) in [6.07, 6.45) is 6.95. The summed E-state index contributed by atoms with van der Waals surface area (Å²) in [5.41, 5.74) is 7.06. The minimum absolute atomic E-state index is 0.0940. The monoisotopic (exact) mass is 271 g/mol. The number of nitrogens with zero attached hydrogens (tertiary/aromatic N) is 3. The van der Waals surface area contributed by atoms with Gasteiger partial charge in [0.1, 0.15) is 0 Å². The first-order chi connectivity index (χ1) is 9.67. The molecular weight excluding hydrogens is 254 g/mol. The number of hydrogen-bond acceptors (Lipinski definition) is 4. The molecule has 104 valence electrons. The van der Waals surface area contributed by atoms with E-state index in [1.54, 1.807) is 17.1 Å². The molecule has 6 nitrogen and oxygen atoms in total. The Hall–Kier alpha value is -2.21. The van der Waals surface area contributed by atoms with E-state index in [1.165, 1.54) is 0 Å². The van der Waals surface area contributed by atoms with E-state index in [0.29, 0.717) is 0 Å². The molecule has 0 saturated heterocycles. The van der Waals surface area contributed by atoms with Gasteiger partial charge in [-0.2, -0.15) is 0 Å². The third kappa shape index (κ3) is 2.42. The fourth-order valence-electron chi connectivity index (χ4n) is 2.53. The first-order valence-electron chi connectivity index (χ1n) is 6.74. The van der Waals surface area contributed by atoms with Gasteiger partial charge < -0.3 is 11.1 Å². The summed E-state index contributed by atoms with van der Waals surface area (Å²) < 4.78 is 1.66. The Kier molecular flexibility index (Phi) is 3.23. The van der Waals surface area contributed by atoms with Gasteiger partial charge >= 0.3 is 0 Å². The van der Waals surface area contributed by atoms with Crippen molar-refractivity contribution in [3.63, 3.8) is 0 Å². The molecule has 2 aromatic rings. The number of carbonyl (C=O) groups is 1. The first-order valence-corrected chi connectivity index (χ1v) is 6.74. The lowest BCUT2D eigenvalue weighted by atomic mass is 9.98. The van der Waals surface area contributed by atoms with Crippen LogP contribution >= 0.6 is 0 Å². The zero-order chi connectivity index (χ0) is 14.0. The van der Waals surface area contributed by atoms with Crippen molar-refractivity contribution in [3.05, 3.63) is 36.7 Å². The molecule has 1 aliphatic carbocycles. The Morgan fingerprint density at radius 2 is 1.95 bits per heavy atom. The van der Waals surface area contributed by atoms with E-state index < -0.39 is 5.54 Å². The van der Waals surface area contributed by atoms with E-state index in [4.69, 9.17) is 5.73 Å². The molecule has 0 bridgehead atoms. The van der Waals surface area contributed by atoms with Gasteiger partial charge in [0.2, 0.25) is 5.91 Å². The zero-order valence-corrected chi connectivity index (χ0v) is 11.1. The van der Waals surface area contributed by atoms with Crippen molar-refractivity contribution in [2.45, 2.75) is 31.2 Å². The Morgan fingerprint density at radius 3 is 2.55 bits per heavy atom. The second kappa shape index (κ2) is 5.05. The van der Waals surface area contributed by atoms with Crippen LogP contribution in [0.5, 0.6) is 0 Å². The maximum absolute atomic E-state index is 12.2. The van der Waals surface area contributed by atoms with Crippen molar-refractivity contribution in [1.29, 1.82) is 0 Å². The Labute approximate surface area is 117 Å². The highest BCUT2D eigenvalue weighted by atomic mass is 16.2. The van der Waals surface area contributed by atoms with Gasteiger partial charge in [-0.15, -0.1) is 5.10 Å². The fourth-order valence-corrected chi connectivity index (χ4v) is 2.53. The quantitative estimate of drug-likeness (QED) is 0.885. The number of benzene rings is 1. The number of amides is 1. The summed E-state index contributed by atoms with van der Waals surface area (Å²) in [5.74, 6) is -0.0940. The van der Waals surface area contributed by atoms with E-state index in [-0.39, 0.29) is 5.91 Å². The van der Waals surface area contributed by atoms with Crippen molar-refractivity contribution >= 4 is 11.6 Å². The highest BCUT2D eigenvalue weighted by Crippen LogP contribution is 2.28. The predicted molar refractivity (Wildman–Crippen MR) is 75.4 cm³/mol. The molecule has 1 amide bonds. The van der Waals surface area contributed by atoms with Crippen LogP contribution in [0.2, 0.25) is 0 Å². The molecule has 3 rings (SSSR count). The van der Waals surface area contributed by atoms with Gasteiger partial charge in [-0.1, -0.05) is 18.1 Å². The molecule has 0 aliphatic heterocycles. The molecule has 1 aromatic heterocycles. The second-order valence-electron chi connectivity index (χ2n) is 5.21. The third-order valence-electron chi connectivity index (χ3n) is 3.76. The van der Waals surface area contributed by atoms with Crippen molar-refractivity contribution < 1.29 is 4.79 Å². The topological polar surface area (TPSA) is 85.8 Å². The smallest absolute Gasteiger partial charge is 0.244 e. The summed E-state index contributed by atoms with van der Waals surface area (Å²) in [7, 11) is 0. The lowest BCUT2D eigenvalue weighted by Crippen LogP contribution is -2.48. The number of hydrogen-bond donors (Lipinski definition) is 2.